The quantitative estimate of drug-likeness (QED) is 0.266. The number of nitrogens with zero attached hydrogens (tertiary/aromatic N) is 2. The highest BCUT2D eigenvalue weighted by Gasteiger charge is 2.18. The minimum absolute atomic E-state index is 0.613. The Morgan fingerprint density at radius 1 is 0.459 bits per heavy atom. The zero-order valence-electron chi connectivity index (χ0n) is 21.3. The summed E-state index contributed by atoms with van der Waals surface area (Å²) in [7, 11) is 0. The van der Waals surface area contributed by atoms with E-state index in [9.17, 15) is 0 Å². The van der Waals surface area contributed by atoms with Crippen LogP contribution in [0.3, 0.4) is 0 Å². The van der Waals surface area contributed by atoms with Crippen LogP contribution in [0.5, 0.6) is 0 Å². The molecule has 0 bridgehead atoms. The van der Waals surface area contributed by atoms with Gasteiger partial charge in [0, 0.05) is 0 Å². The molecule has 0 amide bonds. The summed E-state index contributed by atoms with van der Waals surface area (Å²) in [6, 6.07) is 41.9. The van der Waals surface area contributed by atoms with Gasteiger partial charge in [0.1, 0.15) is 5.66 Å². The van der Waals surface area contributed by atoms with E-state index in [0.717, 1.165) is 44.8 Å². The van der Waals surface area contributed by atoms with Crippen LogP contribution >= 0.6 is 0 Å². The normalized spacial score (nSPS) is 14.1. The molecule has 0 atom stereocenters. The van der Waals surface area contributed by atoms with Gasteiger partial charge >= 0.3 is 0 Å². The molecule has 0 unspecified atom stereocenters. The highest BCUT2D eigenvalue weighted by molar-refractivity contribution is 6.17. The Hall–Kier alpha value is -4.56. The van der Waals surface area contributed by atoms with Gasteiger partial charge in [0.25, 0.3) is 0 Å². The average molecular weight is 479 g/mol. The summed E-state index contributed by atoms with van der Waals surface area (Å²) in [4.78, 5) is 10.1. The van der Waals surface area contributed by atoms with Crippen LogP contribution < -0.4 is 0 Å². The van der Waals surface area contributed by atoms with Crippen molar-refractivity contribution < 1.29 is 0 Å². The van der Waals surface area contributed by atoms with E-state index in [4.69, 9.17) is 9.98 Å². The zero-order chi connectivity index (χ0) is 25.5. The van der Waals surface area contributed by atoms with E-state index < -0.39 is 5.66 Å². The fourth-order valence-corrected chi connectivity index (χ4v) is 4.50. The summed E-state index contributed by atoms with van der Waals surface area (Å²) in [5, 5.41) is 0. The molecule has 1 heterocycles. The maximum absolute atomic E-state index is 5.04. The Labute approximate surface area is 219 Å². The summed E-state index contributed by atoms with van der Waals surface area (Å²) in [5.41, 5.74) is 8.06. The molecule has 180 valence electrons. The van der Waals surface area contributed by atoms with Gasteiger partial charge in [-0.3, -0.25) is 9.98 Å². The van der Waals surface area contributed by atoms with Gasteiger partial charge in [-0.25, -0.2) is 0 Å². The van der Waals surface area contributed by atoms with E-state index in [1.54, 1.807) is 0 Å². The first-order valence-electron chi connectivity index (χ1n) is 12.6. The second kappa shape index (κ2) is 11.0. The summed E-state index contributed by atoms with van der Waals surface area (Å²) in [6.07, 6.45) is 8.48. The molecule has 1 aliphatic heterocycles. The number of rotatable bonds is 6. The predicted molar refractivity (Wildman–Crippen MR) is 158 cm³/mol. The smallest absolute Gasteiger partial charge is 0.145 e. The zero-order valence-corrected chi connectivity index (χ0v) is 21.3. The molecule has 4 aromatic carbocycles. The van der Waals surface area contributed by atoms with Crippen molar-refractivity contribution in [1.82, 2.24) is 0 Å². The molecule has 0 aromatic heterocycles. The van der Waals surface area contributed by atoms with E-state index in [-0.39, 0.29) is 0 Å². The van der Waals surface area contributed by atoms with Crippen LogP contribution in [0.1, 0.15) is 36.1 Å². The molecular formula is C35H30N2. The van der Waals surface area contributed by atoms with E-state index in [1.807, 2.05) is 24.3 Å². The first-order valence-corrected chi connectivity index (χ1v) is 12.6. The number of allylic oxidation sites excluding steroid dienone is 4. The van der Waals surface area contributed by atoms with Crippen LogP contribution in [-0.4, -0.2) is 17.1 Å². The van der Waals surface area contributed by atoms with Crippen LogP contribution in [0.2, 0.25) is 0 Å². The largest absolute Gasteiger partial charge is 0.256 e. The van der Waals surface area contributed by atoms with Crippen molar-refractivity contribution in [2.45, 2.75) is 19.5 Å². The van der Waals surface area contributed by atoms with E-state index in [0.29, 0.717) is 0 Å². The van der Waals surface area contributed by atoms with Crippen LogP contribution in [0.25, 0.3) is 11.1 Å². The SMILES string of the molecule is CC1(C)N=C(C=C(c2ccccc2)c2ccccc2)C=CC(C=C(c2ccccc2)c2ccccc2)=N1. The first kappa shape index (κ1) is 24.1. The van der Waals surface area contributed by atoms with Crippen molar-refractivity contribution in [2.75, 3.05) is 0 Å². The van der Waals surface area contributed by atoms with Crippen LogP contribution in [0.15, 0.2) is 156 Å². The van der Waals surface area contributed by atoms with E-state index >= 15 is 0 Å². The summed E-state index contributed by atoms with van der Waals surface area (Å²) in [6.45, 7) is 4.11. The average Bonchev–Trinajstić information content (AvgIpc) is 3.09. The van der Waals surface area contributed by atoms with E-state index in [2.05, 4.69) is 135 Å². The molecule has 0 fully saturated rings. The van der Waals surface area contributed by atoms with Crippen LogP contribution in [0.4, 0.5) is 0 Å². The first-order chi connectivity index (χ1) is 18.1. The fourth-order valence-electron chi connectivity index (χ4n) is 4.50. The molecule has 0 N–H and O–H groups in total. The van der Waals surface area contributed by atoms with Crippen molar-refractivity contribution in [3.63, 3.8) is 0 Å². The molecule has 0 spiro atoms. The molecule has 5 rings (SSSR count). The Balaban J connectivity index is 1.57. The Bertz CT molecular complexity index is 1290. The number of hydrogen-bond donors (Lipinski definition) is 0. The van der Waals surface area contributed by atoms with Crippen molar-refractivity contribution in [3.05, 3.63) is 168 Å². The Kier molecular flexibility index (Phi) is 7.19. The highest BCUT2D eigenvalue weighted by atomic mass is 15.1. The van der Waals surface area contributed by atoms with E-state index in [1.165, 1.54) is 0 Å². The van der Waals surface area contributed by atoms with Crippen LogP contribution in [0, 0.1) is 0 Å². The highest BCUT2D eigenvalue weighted by Crippen LogP contribution is 2.27. The molecule has 2 nitrogen and oxygen atoms in total. The van der Waals surface area contributed by atoms with Gasteiger partial charge in [0.2, 0.25) is 0 Å². The Morgan fingerprint density at radius 2 is 0.730 bits per heavy atom. The molecule has 2 heteroatoms. The fraction of sp³-hybridized carbons (Fsp3) is 0.0857. The van der Waals surface area contributed by atoms with Gasteiger partial charge in [0.15, 0.2) is 0 Å². The van der Waals surface area contributed by atoms with Crippen molar-refractivity contribution in [2.24, 2.45) is 9.98 Å². The third-order valence-electron chi connectivity index (χ3n) is 6.15. The topological polar surface area (TPSA) is 24.7 Å². The van der Waals surface area contributed by atoms with Gasteiger partial charge in [-0.15, -0.1) is 0 Å². The van der Waals surface area contributed by atoms with Gasteiger partial charge < -0.3 is 0 Å². The van der Waals surface area contributed by atoms with Crippen molar-refractivity contribution >= 4 is 22.6 Å². The molecule has 0 aliphatic carbocycles. The van der Waals surface area contributed by atoms with Crippen molar-refractivity contribution in [1.29, 1.82) is 0 Å². The molecule has 0 saturated carbocycles. The lowest BCUT2D eigenvalue weighted by atomic mass is 9.96. The lowest BCUT2D eigenvalue weighted by Crippen LogP contribution is -2.16. The third kappa shape index (κ3) is 6.17. The van der Waals surface area contributed by atoms with Crippen LogP contribution in [-0.2, 0) is 0 Å². The minimum atomic E-state index is -0.613. The number of benzene rings is 4. The predicted octanol–water partition coefficient (Wildman–Crippen LogP) is 8.44. The van der Waals surface area contributed by atoms with Gasteiger partial charge in [-0.1, -0.05) is 121 Å². The second-order valence-corrected chi connectivity index (χ2v) is 9.48. The maximum atomic E-state index is 5.04. The summed E-state index contributed by atoms with van der Waals surface area (Å²) in [5.74, 6) is 0. The van der Waals surface area contributed by atoms with Crippen molar-refractivity contribution in [3.8, 4) is 0 Å². The lowest BCUT2D eigenvalue weighted by molar-refractivity contribution is 0.557. The molecule has 0 saturated heterocycles. The number of hydrogen-bond acceptors (Lipinski definition) is 2. The molecular weight excluding hydrogens is 448 g/mol. The monoisotopic (exact) mass is 478 g/mol. The van der Waals surface area contributed by atoms with Gasteiger partial charge in [0.05, 0.1) is 11.4 Å². The second-order valence-electron chi connectivity index (χ2n) is 9.48. The standard InChI is InChI=1S/C35H30N2/c1-35(2)36-31(25-33(27-15-7-3-8-16-27)28-17-9-4-10-18-28)23-24-32(37-35)26-34(29-19-11-5-12-20-29)30-21-13-6-14-22-30/h3-26H,1-2H3. The molecule has 0 radical (unpaired) electrons. The summed E-state index contributed by atoms with van der Waals surface area (Å²) < 4.78 is 0. The maximum Gasteiger partial charge on any atom is 0.145 e. The Morgan fingerprint density at radius 3 is 1.00 bits per heavy atom. The van der Waals surface area contributed by atoms with Gasteiger partial charge in [-0.2, -0.15) is 0 Å². The molecule has 1 aliphatic rings. The minimum Gasteiger partial charge on any atom is -0.256 e. The molecule has 4 aromatic rings. The molecule has 37 heavy (non-hydrogen) atoms. The lowest BCUT2D eigenvalue weighted by Gasteiger charge is -2.16. The van der Waals surface area contributed by atoms with Gasteiger partial charge in [-0.05, 0) is 71.6 Å². The summed E-state index contributed by atoms with van der Waals surface area (Å²) >= 11 is 0. The number of aliphatic imine (C=N–C) groups is 2. The third-order valence-corrected chi connectivity index (χ3v) is 6.15.